The van der Waals surface area contributed by atoms with Gasteiger partial charge in [-0.2, -0.15) is 13.2 Å². The molecule has 0 spiro atoms. The first-order valence-electron chi connectivity index (χ1n) is 10.8. The molecule has 0 bridgehead atoms. The molecule has 5 rings (SSSR count). The van der Waals surface area contributed by atoms with Crippen LogP contribution in [0.25, 0.3) is 5.65 Å². The van der Waals surface area contributed by atoms with Gasteiger partial charge in [0.1, 0.15) is 0 Å². The smallest absolute Gasteiger partial charge is 0.355 e. The minimum atomic E-state index is -4.38. The van der Waals surface area contributed by atoms with Gasteiger partial charge in [-0.05, 0) is 54.4 Å². The number of aromatic nitrogens is 3. The van der Waals surface area contributed by atoms with E-state index >= 15 is 0 Å². The topological polar surface area (TPSA) is 79.6 Å². The summed E-state index contributed by atoms with van der Waals surface area (Å²) in [7, 11) is 1.52. The zero-order valence-electron chi connectivity index (χ0n) is 17.8. The van der Waals surface area contributed by atoms with Crippen molar-refractivity contribution in [2.45, 2.75) is 24.9 Å². The van der Waals surface area contributed by atoms with Gasteiger partial charge in [0.15, 0.2) is 5.65 Å². The fourth-order valence-electron chi connectivity index (χ4n) is 5.29. The molecule has 3 aromatic rings. The average molecular weight is 457 g/mol. The van der Waals surface area contributed by atoms with Crippen molar-refractivity contribution >= 4 is 17.5 Å². The van der Waals surface area contributed by atoms with Crippen LogP contribution in [0.4, 0.5) is 13.2 Å². The highest BCUT2D eigenvalue weighted by Crippen LogP contribution is 2.49. The van der Waals surface area contributed by atoms with Crippen molar-refractivity contribution in [3.63, 3.8) is 0 Å². The number of likely N-dealkylation sites (tertiary alicyclic amines) is 1. The number of hydrogen-bond acceptors (Lipinski definition) is 4. The maximum atomic E-state index is 13.5. The van der Waals surface area contributed by atoms with E-state index < -0.39 is 11.7 Å². The molecular weight excluding hydrogens is 435 g/mol. The summed E-state index contributed by atoms with van der Waals surface area (Å²) >= 11 is 0. The van der Waals surface area contributed by atoms with Crippen molar-refractivity contribution in [3.05, 3.63) is 65.1 Å². The molecule has 0 radical (unpaired) electrons. The Labute approximate surface area is 187 Å². The first-order chi connectivity index (χ1) is 15.8. The van der Waals surface area contributed by atoms with Crippen LogP contribution in [0.2, 0.25) is 0 Å². The predicted molar refractivity (Wildman–Crippen MR) is 113 cm³/mol. The monoisotopic (exact) mass is 457 g/mol. The molecule has 2 fully saturated rings. The molecule has 1 aliphatic heterocycles. The van der Waals surface area contributed by atoms with Gasteiger partial charge in [-0.3, -0.25) is 14.0 Å². The van der Waals surface area contributed by atoms with Gasteiger partial charge in [0.25, 0.3) is 11.8 Å². The molecule has 10 heteroatoms. The number of nitrogens with one attached hydrogen (secondary N) is 1. The molecule has 1 N–H and O–H groups in total. The number of pyridine rings is 1. The van der Waals surface area contributed by atoms with Crippen LogP contribution in [-0.4, -0.2) is 51.4 Å². The molecule has 1 unspecified atom stereocenters. The van der Waals surface area contributed by atoms with Crippen LogP contribution >= 0.6 is 0 Å². The number of rotatable bonds is 3. The van der Waals surface area contributed by atoms with E-state index in [4.69, 9.17) is 0 Å². The Morgan fingerprint density at radius 1 is 1.03 bits per heavy atom. The maximum absolute atomic E-state index is 13.5. The van der Waals surface area contributed by atoms with Crippen molar-refractivity contribution < 1.29 is 22.8 Å². The van der Waals surface area contributed by atoms with Crippen molar-refractivity contribution in [1.29, 1.82) is 0 Å². The Morgan fingerprint density at radius 3 is 2.39 bits per heavy atom. The van der Waals surface area contributed by atoms with E-state index in [0.29, 0.717) is 42.7 Å². The SMILES string of the molecule is CNC(=O)c1ccc2nnc(C(=O)N3C[C@H]4CC(c5ccccc5C(F)(F)F)C[C@H]4C3)n2c1. The lowest BCUT2D eigenvalue weighted by Crippen LogP contribution is -2.31. The Bertz CT molecular complexity index is 1220. The Hall–Kier alpha value is -3.43. The number of alkyl halides is 3. The van der Waals surface area contributed by atoms with Crippen molar-refractivity contribution in [2.75, 3.05) is 20.1 Å². The van der Waals surface area contributed by atoms with E-state index in [-0.39, 0.29) is 35.4 Å². The number of amides is 2. The van der Waals surface area contributed by atoms with Crippen LogP contribution in [0, 0.1) is 11.8 Å². The number of fused-ring (bicyclic) bond motifs is 2. The van der Waals surface area contributed by atoms with Gasteiger partial charge in [0.05, 0.1) is 11.1 Å². The summed E-state index contributed by atoms with van der Waals surface area (Å²) in [6.07, 6.45) is -1.62. The van der Waals surface area contributed by atoms with Crippen LogP contribution in [0.15, 0.2) is 42.6 Å². The minimum Gasteiger partial charge on any atom is -0.355 e. The van der Waals surface area contributed by atoms with Crippen LogP contribution < -0.4 is 5.32 Å². The summed E-state index contributed by atoms with van der Waals surface area (Å²) in [5.41, 5.74) is 0.616. The van der Waals surface area contributed by atoms with Crippen molar-refractivity contribution in [1.82, 2.24) is 24.8 Å². The summed E-state index contributed by atoms with van der Waals surface area (Å²) < 4.78 is 41.9. The standard InChI is InChI=1S/C23H22F3N5O2/c1-27-21(32)13-6-7-19-28-29-20(31(19)12-13)22(33)30-10-15-8-14(9-16(15)11-30)17-4-2-3-5-18(17)23(24,25)26/h2-7,12,14-16H,8-11H2,1H3,(H,27,32)/t14?,15-,16+. The van der Waals surface area contributed by atoms with Gasteiger partial charge >= 0.3 is 6.18 Å². The Balaban J connectivity index is 1.33. The average Bonchev–Trinajstić information content (AvgIpc) is 3.50. The second-order valence-electron chi connectivity index (χ2n) is 8.73. The summed E-state index contributed by atoms with van der Waals surface area (Å²) in [6.45, 7) is 0.941. The summed E-state index contributed by atoms with van der Waals surface area (Å²) in [5.74, 6) is -0.349. The van der Waals surface area contributed by atoms with E-state index in [2.05, 4.69) is 15.5 Å². The lowest BCUT2D eigenvalue weighted by atomic mass is 9.91. The van der Waals surface area contributed by atoms with Crippen LogP contribution in [0.3, 0.4) is 0 Å². The predicted octanol–water partition coefficient (Wildman–Crippen LogP) is 3.37. The van der Waals surface area contributed by atoms with E-state index in [0.717, 1.165) is 6.07 Å². The Morgan fingerprint density at radius 2 is 1.73 bits per heavy atom. The molecule has 1 aliphatic carbocycles. The molecular formula is C23H22F3N5O2. The number of nitrogens with zero attached hydrogens (tertiary/aromatic N) is 4. The highest BCUT2D eigenvalue weighted by Gasteiger charge is 2.45. The van der Waals surface area contributed by atoms with Gasteiger partial charge in [0, 0.05) is 26.3 Å². The summed E-state index contributed by atoms with van der Waals surface area (Å²) in [4.78, 5) is 26.8. The molecule has 2 aliphatic rings. The third-order valence-corrected chi connectivity index (χ3v) is 6.83. The third kappa shape index (κ3) is 3.73. The first-order valence-corrected chi connectivity index (χ1v) is 10.8. The first kappa shape index (κ1) is 21.4. The molecule has 2 amide bonds. The molecule has 3 heterocycles. The van der Waals surface area contributed by atoms with Crippen LogP contribution in [0.1, 0.15) is 50.9 Å². The maximum Gasteiger partial charge on any atom is 0.416 e. The van der Waals surface area contributed by atoms with E-state index in [1.807, 2.05) is 0 Å². The summed E-state index contributed by atoms with van der Waals surface area (Å²) in [5, 5.41) is 10.6. The number of benzene rings is 1. The van der Waals surface area contributed by atoms with E-state index in [1.54, 1.807) is 29.2 Å². The zero-order valence-corrected chi connectivity index (χ0v) is 17.8. The molecule has 172 valence electrons. The largest absolute Gasteiger partial charge is 0.416 e. The lowest BCUT2D eigenvalue weighted by Gasteiger charge is -2.21. The number of halogens is 3. The zero-order chi connectivity index (χ0) is 23.3. The van der Waals surface area contributed by atoms with Gasteiger partial charge in [-0.15, -0.1) is 10.2 Å². The van der Waals surface area contributed by atoms with E-state index in [1.165, 1.54) is 23.7 Å². The highest BCUT2D eigenvalue weighted by molar-refractivity contribution is 5.95. The fourth-order valence-corrected chi connectivity index (χ4v) is 5.29. The van der Waals surface area contributed by atoms with Crippen LogP contribution in [-0.2, 0) is 6.18 Å². The second kappa shape index (κ2) is 7.86. The van der Waals surface area contributed by atoms with Gasteiger partial charge in [0.2, 0.25) is 5.82 Å². The molecule has 3 atom stereocenters. The fraction of sp³-hybridized carbons (Fsp3) is 0.391. The molecule has 1 saturated heterocycles. The van der Waals surface area contributed by atoms with Crippen molar-refractivity contribution in [3.8, 4) is 0 Å². The highest BCUT2D eigenvalue weighted by atomic mass is 19.4. The van der Waals surface area contributed by atoms with E-state index in [9.17, 15) is 22.8 Å². The third-order valence-electron chi connectivity index (χ3n) is 6.83. The lowest BCUT2D eigenvalue weighted by molar-refractivity contribution is -0.138. The second-order valence-corrected chi connectivity index (χ2v) is 8.73. The quantitative estimate of drug-likeness (QED) is 0.654. The number of carbonyl (C=O) groups excluding carboxylic acids is 2. The summed E-state index contributed by atoms with van der Waals surface area (Å²) in [6, 6.07) is 9.01. The Kier molecular flexibility index (Phi) is 5.10. The number of carbonyl (C=O) groups is 2. The normalized spacial score (nSPS) is 22.5. The molecule has 33 heavy (non-hydrogen) atoms. The molecule has 1 aromatic carbocycles. The minimum absolute atomic E-state index is 0.120. The molecule has 7 nitrogen and oxygen atoms in total. The van der Waals surface area contributed by atoms with Crippen LogP contribution in [0.5, 0.6) is 0 Å². The van der Waals surface area contributed by atoms with Gasteiger partial charge < -0.3 is 10.2 Å². The van der Waals surface area contributed by atoms with Gasteiger partial charge in [-0.25, -0.2) is 0 Å². The molecule has 2 aromatic heterocycles. The molecule has 1 saturated carbocycles. The van der Waals surface area contributed by atoms with Crippen molar-refractivity contribution in [2.24, 2.45) is 11.8 Å². The number of hydrogen-bond donors (Lipinski definition) is 1. The van der Waals surface area contributed by atoms with Gasteiger partial charge in [-0.1, -0.05) is 18.2 Å².